The molecule has 4 rings (SSSR count). The first-order chi connectivity index (χ1) is 17.0. The van der Waals surface area contributed by atoms with Crippen molar-refractivity contribution < 1.29 is 18.4 Å². The van der Waals surface area contributed by atoms with E-state index in [0.29, 0.717) is 4.91 Å². The van der Waals surface area contributed by atoms with Crippen LogP contribution in [0, 0.1) is 24.0 Å². The molecule has 2 amide bonds. The van der Waals surface area contributed by atoms with Gasteiger partial charge in [0.15, 0.2) is 11.6 Å². The van der Waals surface area contributed by atoms with E-state index >= 15 is 4.39 Å². The van der Waals surface area contributed by atoms with Crippen molar-refractivity contribution in [2.75, 3.05) is 12.4 Å². The number of nitrogens with zero attached hydrogens (tertiary/aromatic N) is 4. The number of carbonyl (C=O) groups excluding carboxylic acids is 2. The molecule has 0 spiro atoms. The van der Waals surface area contributed by atoms with E-state index in [1.165, 1.54) is 11.8 Å². The maximum absolute atomic E-state index is 15.3. The molecule has 1 aromatic carbocycles. The van der Waals surface area contributed by atoms with Crippen molar-refractivity contribution in [3.63, 3.8) is 0 Å². The predicted molar refractivity (Wildman–Crippen MR) is 135 cm³/mol. The number of hydrogen-bond acceptors (Lipinski definition) is 7. The molecule has 0 bridgehead atoms. The quantitative estimate of drug-likeness (QED) is 0.491. The molecule has 9 nitrogen and oxygen atoms in total. The molecule has 4 N–H and O–H groups in total. The van der Waals surface area contributed by atoms with Crippen LogP contribution in [0.15, 0.2) is 57.4 Å². The molecule has 0 radical (unpaired) electrons. The van der Waals surface area contributed by atoms with Crippen LogP contribution in [0.3, 0.4) is 0 Å². The van der Waals surface area contributed by atoms with Gasteiger partial charge in [0, 0.05) is 48.5 Å². The lowest BCUT2D eigenvalue weighted by Crippen LogP contribution is -2.26. The molecule has 1 atom stereocenters. The molecule has 186 valence electrons. The Kier molecular flexibility index (Phi) is 6.88. The number of aliphatic imine (C=N–C) groups is 1. The molecule has 36 heavy (non-hydrogen) atoms. The van der Waals surface area contributed by atoms with Gasteiger partial charge in [-0.1, -0.05) is 11.8 Å². The van der Waals surface area contributed by atoms with E-state index in [4.69, 9.17) is 11.1 Å². The van der Waals surface area contributed by atoms with Crippen LogP contribution >= 0.6 is 11.8 Å². The summed E-state index contributed by atoms with van der Waals surface area (Å²) >= 11 is 1.22. The van der Waals surface area contributed by atoms with Crippen molar-refractivity contribution in [3.8, 4) is 0 Å². The number of aryl methyl sites for hydroxylation is 2. The largest absolute Gasteiger partial charge is 0.369 e. The van der Waals surface area contributed by atoms with E-state index in [2.05, 4.69) is 15.4 Å². The van der Waals surface area contributed by atoms with Gasteiger partial charge in [-0.2, -0.15) is 5.10 Å². The summed E-state index contributed by atoms with van der Waals surface area (Å²) in [6.45, 7) is 1.79. The van der Waals surface area contributed by atoms with Crippen molar-refractivity contribution in [2.24, 2.45) is 17.8 Å². The van der Waals surface area contributed by atoms with Crippen LogP contribution in [0.1, 0.15) is 17.7 Å². The third-order valence-corrected chi connectivity index (χ3v) is 6.86. The number of rotatable bonds is 7. The van der Waals surface area contributed by atoms with Crippen LogP contribution < -0.4 is 11.1 Å². The monoisotopic (exact) mass is 511 g/mol. The van der Waals surface area contributed by atoms with Crippen molar-refractivity contribution in [1.82, 2.24) is 14.7 Å². The Labute approximate surface area is 209 Å². The van der Waals surface area contributed by atoms with Gasteiger partial charge in [0.05, 0.1) is 10.9 Å². The Hall–Kier alpha value is -4.06. The highest BCUT2D eigenvalue weighted by atomic mass is 32.2. The number of fused-ring (bicyclic) bond motifs is 1. The summed E-state index contributed by atoms with van der Waals surface area (Å²) in [6.07, 6.45) is 6.88. The van der Waals surface area contributed by atoms with E-state index in [9.17, 15) is 14.0 Å². The standard InChI is InChI=1S/C24H23F2N7O2S/c1-12-9-20(31-33(12)3)29-16(23(28)34)10-15(27)13-6-7-14(25)22(21(13)26)30-24(35)19-11-17-18(36-19)5-4-8-32(17)2/h4-9,11,17,27H,10H2,1-3H3,(H2,28,34)(H,30,35). The summed E-state index contributed by atoms with van der Waals surface area (Å²) in [6, 6.07) is 3.51. The fourth-order valence-corrected chi connectivity index (χ4v) is 4.74. The second kappa shape index (κ2) is 9.90. The summed E-state index contributed by atoms with van der Waals surface area (Å²) in [7, 11) is 3.56. The highest BCUT2D eigenvalue weighted by Crippen LogP contribution is 2.40. The average Bonchev–Trinajstić information content (AvgIpc) is 3.39. The molecule has 0 saturated heterocycles. The molecule has 2 aliphatic heterocycles. The molecule has 12 heteroatoms. The van der Waals surface area contributed by atoms with Crippen LogP contribution in [0.5, 0.6) is 0 Å². The summed E-state index contributed by atoms with van der Waals surface area (Å²) in [5, 5.41) is 14.7. The minimum Gasteiger partial charge on any atom is -0.369 e. The van der Waals surface area contributed by atoms with Crippen molar-refractivity contribution in [1.29, 1.82) is 5.41 Å². The number of benzene rings is 1. The second-order valence-electron chi connectivity index (χ2n) is 8.24. The van der Waals surface area contributed by atoms with Gasteiger partial charge in [0.25, 0.3) is 11.8 Å². The van der Waals surface area contributed by atoms with Gasteiger partial charge in [0.2, 0.25) is 0 Å². The van der Waals surface area contributed by atoms with E-state index in [1.807, 2.05) is 30.3 Å². The summed E-state index contributed by atoms with van der Waals surface area (Å²) in [5.41, 5.74) is 4.63. The number of thioether (sulfide) groups is 1. The molecule has 2 aliphatic rings. The van der Waals surface area contributed by atoms with Gasteiger partial charge < -0.3 is 21.4 Å². The van der Waals surface area contributed by atoms with E-state index in [-0.39, 0.29) is 28.8 Å². The van der Waals surface area contributed by atoms with Crippen molar-refractivity contribution in [2.45, 2.75) is 19.4 Å². The number of primary amides is 1. The zero-order chi connectivity index (χ0) is 26.1. The molecule has 0 fully saturated rings. The zero-order valence-corrected chi connectivity index (χ0v) is 20.5. The van der Waals surface area contributed by atoms with Crippen molar-refractivity contribution in [3.05, 3.63) is 75.3 Å². The number of anilines is 1. The van der Waals surface area contributed by atoms with Gasteiger partial charge in [-0.15, -0.1) is 0 Å². The van der Waals surface area contributed by atoms with Crippen LogP contribution in [0.2, 0.25) is 0 Å². The number of likely N-dealkylation sites (N-methyl/N-ethyl adjacent to an activating group) is 1. The molecule has 0 aliphatic carbocycles. The first kappa shape index (κ1) is 25.0. The minimum atomic E-state index is -1.13. The summed E-state index contributed by atoms with van der Waals surface area (Å²) in [4.78, 5) is 32.0. The number of amides is 2. The third kappa shape index (κ3) is 4.98. The van der Waals surface area contributed by atoms with Gasteiger partial charge in [-0.3, -0.25) is 14.3 Å². The maximum Gasteiger partial charge on any atom is 0.263 e. The number of hydrogen-bond donors (Lipinski definition) is 3. The van der Waals surface area contributed by atoms with Crippen LogP contribution in [0.25, 0.3) is 0 Å². The second-order valence-corrected chi connectivity index (χ2v) is 9.35. The average molecular weight is 512 g/mol. The first-order valence-corrected chi connectivity index (χ1v) is 11.6. The number of aromatic nitrogens is 2. The molecular formula is C24H23F2N7O2S. The molecule has 1 aromatic heterocycles. The third-order valence-electron chi connectivity index (χ3n) is 5.71. The van der Waals surface area contributed by atoms with Gasteiger partial charge in [-0.05, 0) is 43.5 Å². The predicted octanol–water partition coefficient (Wildman–Crippen LogP) is 3.30. The Morgan fingerprint density at radius 1 is 1.31 bits per heavy atom. The first-order valence-electron chi connectivity index (χ1n) is 10.8. The molecule has 0 saturated carbocycles. The molecule has 2 aromatic rings. The fourth-order valence-electron chi connectivity index (χ4n) is 3.64. The lowest BCUT2D eigenvalue weighted by Gasteiger charge is -2.24. The number of nitrogens with two attached hydrogens (primary N) is 1. The molecule has 3 heterocycles. The minimum absolute atomic E-state index is 0.121. The lowest BCUT2D eigenvalue weighted by atomic mass is 10.0. The van der Waals surface area contributed by atoms with E-state index in [0.717, 1.165) is 22.7 Å². The highest BCUT2D eigenvalue weighted by molar-refractivity contribution is 8.08. The Balaban J connectivity index is 1.55. The number of nitrogens with one attached hydrogen (secondary N) is 2. The molecule has 1 unspecified atom stereocenters. The van der Waals surface area contributed by atoms with Crippen LogP contribution in [-0.2, 0) is 16.6 Å². The Morgan fingerprint density at radius 2 is 2.06 bits per heavy atom. The number of carbonyl (C=O) groups is 2. The molecular weight excluding hydrogens is 488 g/mol. The Morgan fingerprint density at radius 3 is 2.69 bits per heavy atom. The smallest absolute Gasteiger partial charge is 0.263 e. The number of allylic oxidation sites excluding steroid dienone is 2. The van der Waals surface area contributed by atoms with E-state index < -0.39 is 35.6 Å². The highest BCUT2D eigenvalue weighted by Gasteiger charge is 2.30. The Bertz CT molecular complexity index is 1390. The van der Waals surface area contributed by atoms with Gasteiger partial charge in [-0.25, -0.2) is 13.8 Å². The lowest BCUT2D eigenvalue weighted by molar-refractivity contribution is -0.113. The zero-order valence-electron chi connectivity index (χ0n) is 19.7. The SMILES string of the molecule is Cc1cc(N=C(CC(=N)c2ccc(F)c(NC(=O)C3=CC4C(=CC=CN4C)S3)c2F)C(N)=O)nn1C. The summed E-state index contributed by atoms with van der Waals surface area (Å²) < 4.78 is 31.4. The van der Waals surface area contributed by atoms with Gasteiger partial charge >= 0.3 is 0 Å². The van der Waals surface area contributed by atoms with Crippen LogP contribution in [0.4, 0.5) is 20.3 Å². The van der Waals surface area contributed by atoms with Crippen LogP contribution in [-0.4, -0.2) is 51.0 Å². The topological polar surface area (TPSA) is 129 Å². The number of halogens is 2. The summed E-state index contributed by atoms with van der Waals surface area (Å²) in [5.74, 6) is -3.49. The maximum atomic E-state index is 15.3. The fraction of sp³-hybridized carbons (Fsp3) is 0.208. The van der Waals surface area contributed by atoms with E-state index in [1.54, 1.807) is 30.8 Å². The normalized spacial score (nSPS) is 17.0. The van der Waals surface area contributed by atoms with Crippen molar-refractivity contribution >= 4 is 46.5 Å². The van der Waals surface area contributed by atoms with Gasteiger partial charge in [0.1, 0.15) is 17.2 Å².